The van der Waals surface area contributed by atoms with E-state index in [0.717, 1.165) is 12.8 Å². The lowest BCUT2D eigenvalue weighted by Crippen LogP contribution is -2.69. The molecule has 1 unspecified atom stereocenters. The minimum atomic E-state index is -3.32. The Morgan fingerprint density at radius 1 is 1.07 bits per heavy atom. The lowest BCUT2D eigenvalue weighted by atomic mass is 9.83. The highest BCUT2D eigenvalue weighted by Crippen LogP contribution is 2.50. The summed E-state index contributed by atoms with van der Waals surface area (Å²) in [6.45, 7) is 2.56. The number of rotatable bonds is 2. The molecule has 3 aliphatic heterocycles. The Hall–Kier alpha value is -1.68. The van der Waals surface area contributed by atoms with E-state index in [2.05, 4.69) is 10.1 Å². The van der Waals surface area contributed by atoms with Crippen LogP contribution in [0.3, 0.4) is 0 Å². The van der Waals surface area contributed by atoms with Gasteiger partial charge in [0.1, 0.15) is 4.75 Å². The minimum absolute atomic E-state index is 0.105. The molecule has 0 N–H and O–H groups in total. The van der Waals surface area contributed by atoms with E-state index in [9.17, 15) is 13.2 Å². The smallest absolute Gasteiger partial charge is 0.320 e. The van der Waals surface area contributed by atoms with Crippen LogP contribution in [0.5, 0.6) is 0 Å². The zero-order valence-electron chi connectivity index (χ0n) is 15.9. The fourth-order valence-corrected chi connectivity index (χ4v) is 7.46. The van der Waals surface area contributed by atoms with Crippen molar-refractivity contribution in [3.05, 3.63) is 11.7 Å². The van der Waals surface area contributed by atoms with Gasteiger partial charge in [-0.05, 0) is 19.3 Å². The van der Waals surface area contributed by atoms with Gasteiger partial charge in [-0.15, -0.1) is 0 Å². The molecule has 1 aliphatic carbocycles. The van der Waals surface area contributed by atoms with E-state index >= 15 is 0 Å². The zero-order valence-corrected chi connectivity index (χ0v) is 16.7. The van der Waals surface area contributed by atoms with Gasteiger partial charge in [0.2, 0.25) is 5.89 Å². The first-order valence-corrected chi connectivity index (χ1v) is 11.8. The summed E-state index contributed by atoms with van der Waals surface area (Å²) < 4.78 is 35.6. The molecule has 9 nitrogen and oxygen atoms in total. The van der Waals surface area contributed by atoms with E-state index in [1.807, 2.05) is 0 Å². The molecule has 5 rings (SSSR count). The Balaban J connectivity index is 1.34. The minimum Gasteiger partial charge on any atom is -0.378 e. The van der Waals surface area contributed by atoms with Gasteiger partial charge in [0.25, 0.3) is 0 Å². The van der Waals surface area contributed by atoms with E-state index in [1.165, 1.54) is 12.8 Å². The average Bonchev–Trinajstić information content (AvgIpc) is 3.38. The van der Waals surface area contributed by atoms with Crippen LogP contribution in [0, 0.1) is 0 Å². The summed E-state index contributed by atoms with van der Waals surface area (Å²) >= 11 is 0. The molecule has 0 bridgehead atoms. The fraction of sp³-hybridized carbons (Fsp3) is 0.833. The van der Waals surface area contributed by atoms with Gasteiger partial charge in [0, 0.05) is 32.1 Å². The molecule has 28 heavy (non-hydrogen) atoms. The Morgan fingerprint density at radius 2 is 1.79 bits per heavy atom. The van der Waals surface area contributed by atoms with Crippen LogP contribution in [0.25, 0.3) is 0 Å². The second-order valence-electron chi connectivity index (χ2n) is 8.44. The van der Waals surface area contributed by atoms with Gasteiger partial charge >= 0.3 is 6.03 Å². The van der Waals surface area contributed by atoms with Gasteiger partial charge in [-0.25, -0.2) is 13.2 Å². The summed E-state index contributed by atoms with van der Waals surface area (Å²) in [6, 6.07) is -0.105. The molecule has 1 atom stereocenters. The zero-order chi connectivity index (χ0) is 19.4. The van der Waals surface area contributed by atoms with Crippen LogP contribution in [-0.2, 0) is 14.6 Å². The van der Waals surface area contributed by atoms with Crippen molar-refractivity contribution in [3.63, 3.8) is 0 Å². The Labute approximate surface area is 164 Å². The summed E-state index contributed by atoms with van der Waals surface area (Å²) in [7, 11) is -3.32. The second-order valence-corrected chi connectivity index (χ2v) is 10.9. The molecule has 1 saturated carbocycles. The van der Waals surface area contributed by atoms with E-state index < -0.39 is 14.6 Å². The highest BCUT2D eigenvalue weighted by molar-refractivity contribution is 7.93. The number of carbonyl (C=O) groups excluding carboxylic acids is 1. The van der Waals surface area contributed by atoms with Crippen molar-refractivity contribution in [1.29, 1.82) is 0 Å². The number of aromatic nitrogens is 2. The van der Waals surface area contributed by atoms with E-state index in [-0.39, 0.29) is 30.8 Å². The average molecular weight is 410 g/mol. The molecule has 0 aromatic carbocycles. The SMILES string of the molecule is O=C(N1CCOCC1)N1CC2(C1)C(c1nc(C3CCCC3)no1)CCS2(=O)=O. The molecule has 1 aromatic rings. The predicted molar refractivity (Wildman–Crippen MR) is 98.7 cm³/mol. The van der Waals surface area contributed by atoms with E-state index in [4.69, 9.17) is 9.26 Å². The molecule has 1 aromatic heterocycles. The van der Waals surface area contributed by atoms with Gasteiger partial charge < -0.3 is 19.1 Å². The third-order valence-corrected chi connectivity index (χ3v) is 9.43. The van der Waals surface area contributed by atoms with Crippen LogP contribution >= 0.6 is 0 Å². The number of hydrogen-bond acceptors (Lipinski definition) is 7. The predicted octanol–water partition coefficient (Wildman–Crippen LogP) is 1.14. The summed E-state index contributed by atoms with van der Waals surface area (Å²) in [5.74, 6) is 1.26. The fourth-order valence-electron chi connectivity index (χ4n) is 5.15. The Kier molecular flexibility index (Phi) is 4.38. The molecule has 3 saturated heterocycles. The highest BCUT2D eigenvalue weighted by Gasteiger charge is 2.65. The normalized spacial score (nSPS) is 29.4. The number of urea groups is 1. The van der Waals surface area contributed by atoms with Crippen LogP contribution in [0.1, 0.15) is 55.7 Å². The second kappa shape index (κ2) is 6.69. The van der Waals surface area contributed by atoms with Gasteiger partial charge in [-0.2, -0.15) is 4.98 Å². The van der Waals surface area contributed by atoms with Crippen molar-refractivity contribution in [2.75, 3.05) is 45.1 Å². The first-order valence-electron chi connectivity index (χ1n) is 10.2. The summed E-state index contributed by atoms with van der Waals surface area (Å²) in [4.78, 5) is 20.7. The Morgan fingerprint density at radius 3 is 2.50 bits per heavy atom. The van der Waals surface area contributed by atoms with Crippen molar-refractivity contribution in [3.8, 4) is 0 Å². The monoisotopic (exact) mass is 410 g/mol. The largest absolute Gasteiger partial charge is 0.378 e. The summed E-state index contributed by atoms with van der Waals surface area (Å²) in [5.41, 5.74) is 0. The maximum absolute atomic E-state index is 12.9. The van der Waals surface area contributed by atoms with E-state index in [0.29, 0.717) is 50.4 Å². The van der Waals surface area contributed by atoms with Crippen LogP contribution in [0.4, 0.5) is 4.79 Å². The standard InChI is InChI=1S/C18H26N4O5S/c23-17(21-6-8-26-9-7-21)22-11-18(12-22)14(5-10-28(18,24)25)16-19-15(20-27-16)13-3-1-2-4-13/h13-14H,1-12H2. The third kappa shape index (κ3) is 2.75. The lowest BCUT2D eigenvalue weighted by molar-refractivity contribution is 0.0293. The number of ether oxygens (including phenoxy) is 1. The Bertz CT molecular complexity index is 851. The number of nitrogens with zero attached hydrogens (tertiary/aromatic N) is 4. The first kappa shape index (κ1) is 18.4. The van der Waals surface area contributed by atoms with Gasteiger partial charge in [0.05, 0.1) is 24.9 Å². The molecule has 1 spiro atoms. The maximum atomic E-state index is 12.9. The van der Waals surface area contributed by atoms with Gasteiger partial charge in [-0.3, -0.25) is 0 Å². The molecule has 0 radical (unpaired) electrons. The van der Waals surface area contributed by atoms with Crippen molar-refractivity contribution >= 4 is 15.9 Å². The van der Waals surface area contributed by atoms with Crippen molar-refractivity contribution in [1.82, 2.24) is 19.9 Å². The van der Waals surface area contributed by atoms with Crippen molar-refractivity contribution in [2.45, 2.75) is 48.7 Å². The molecule has 4 aliphatic rings. The van der Waals surface area contributed by atoms with Crippen LogP contribution in [0.15, 0.2) is 4.52 Å². The summed E-state index contributed by atoms with van der Waals surface area (Å²) in [6.07, 6.45) is 4.96. The highest BCUT2D eigenvalue weighted by atomic mass is 32.2. The van der Waals surface area contributed by atoms with Gasteiger partial charge in [-0.1, -0.05) is 18.0 Å². The van der Waals surface area contributed by atoms with Crippen LogP contribution in [0.2, 0.25) is 0 Å². The van der Waals surface area contributed by atoms with Crippen molar-refractivity contribution < 1.29 is 22.5 Å². The number of sulfone groups is 1. The van der Waals surface area contributed by atoms with Crippen LogP contribution in [-0.4, -0.2) is 84.3 Å². The molecule has 4 heterocycles. The van der Waals surface area contributed by atoms with Crippen LogP contribution < -0.4 is 0 Å². The number of amides is 2. The molecule has 10 heteroatoms. The van der Waals surface area contributed by atoms with E-state index in [1.54, 1.807) is 9.80 Å². The maximum Gasteiger partial charge on any atom is 0.320 e. The summed E-state index contributed by atoms with van der Waals surface area (Å²) in [5, 5.41) is 4.16. The number of morpholine rings is 1. The number of likely N-dealkylation sites (tertiary alicyclic amines) is 1. The topological polar surface area (TPSA) is 106 Å². The van der Waals surface area contributed by atoms with Crippen molar-refractivity contribution in [2.24, 2.45) is 0 Å². The first-order chi connectivity index (χ1) is 13.5. The molecule has 154 valence electrons. The molecule has 2 amide bonds. The number of hydrogen-bond donors (Lipinski definition) is 0. The molecular weight excluding hydrogens is 384 g/mol. The molecule has 4 fully saturated rings. The third-order valence-electron chi connectivity index (χ3n) is 6.87. The number of carbonyl (C=O) groups is 1. The molecular formula is C18H26N4O5S. The lowest BCUT2D eigenvalue weighted by Gasteiger charge is -2.50. The quantitative estimate of drug-likeness (QED) is 0.720. The van der Waals surface area contributed by atoms with Gasteiger partial charge in [0.15, 0.2) is 15.7 Å².